The van der Waals surface area contributed by atoms with Gasteiger partial charge in [0.1, 0.15) is 12.2 Å². The van der Waals surface area contributed by atoms with Gasteiger partial charge in [0.05, 0.1) is 6.54 Å². The Kier molecular flexibility index (Phi) is 3.02. The molecule has 2 heterocycles. The van der Waals surface area contributed by atoms with Gasteiger partial charge in [-0.1, -0.05) is 0 Å². The summed E-state index contributed by atoms with van der Waals surface area (Å²) in [6, 6.07) is 0.359. The van der Waals surface area contributed by atoms with Crippen molar-refractivity contribution >= 4 is 0 Å². The third kappa shape index (κ3) is 2.18. The summed E-state index contributed by atoms with van der Waals surface area (Å²) in [6.07, 6.45) is 1.61. The zero-order valence-corrected chi connectivity index (χ0v) is 9.30. The number of aliphatic hydroxyl groups excluding tert-OH is 1. The molecule has 1 aliphatic rings. The number of rotatable bonds is 4. The minimum absolute atomic E-state index is 0.299. The van der Waals surface area contributed by atoms with Crippen LogP contribution < -0.4 is 0 Å². The summed E-state index contributed by atoms with van der Waals surface area (Å²) >= 11 is 0. The maximum Gasteiger partial charge on any atom is 0.141 e. The molecule has 0 saturated carbocycles. The SMILES string of the molecule is CC(C)n1ncnc1CN1CC(CO)C1. The van der Waals surface area contributed by atoms with E-state index in [1.807, 2.05) is 4.68 Å². The van der Waals surface area contributed by atoms with Crippen LogP contribution in [0.15, 0.2) is 6.33 Å². The second kappa shape index (κ2) is 4.28. The predicted molar refractivity (Wildman–Crippen MR) is 56.3 cm³/mol. The molecule has 1 saturated heterocycles. The number of nitrogens with zero attached hydrogens (tertiary/aromatic N) is 4. The lowest BCUT2D eigenvalue weighted by molar-refractivity contribution is 0.0446. The van der Waals surface area contributed by atoms with Crippen LogP contribution in [-0.2, 0) is 6.54 Å². The summed E-state index contributed by atoms with van der Waals surface area (Å²) < 4.78 is 1.95. The van der Waals surface area contributed by atoms with Crippen LogP contribution >= 0.6 is 0 Å². The minimum Gasteiger partial charge on any atom is -0.396 e. The summed E-state index contributed by atoms with van der Waals surface area (Å²) in [7, 11) is 0. The molecule has 0 amide bonds. The van der Waals surface area contributed by atoms with E-state index in [-0.39, 0.29) is 0 Å². The summed E-state index contributed by atoms with van der Waals surface area (Å²) in [5.74, 6) is 1.47. The first kappa shape index (κ1) is 10.6. The highest BCUT2D eigenvalue weighted by Gasteiger charge is 2.27. The highest BCUT2D eigenvalue weighted by atomic mass is 16.3. The van der Waals surface area contributed by atoms with Crippen LogP contribution in [0.25, 0.3) is 0 Å². The third-order valence-electron chi connectivity index (χ3n) is 2.79. The van der Waals surface area contributed by atoms with Gasteiger partial charge in [0, 0.05) is 31.7 Å². The molecule has 1 aromatic rings. The molecule has 0 radical (unpaired) electrons. The first-order valence-electron chi connectivity index (χ1n) is 5.42. The number of hydrogen-bond acceptors (Lipinski definition) is 4. The summed E-state index contributed by atoms with van der Waals surface area (Å²) in [5, 5.41) is 13.1. The average molecular weight is 210 g/mol. The number of hydrogen-bond donors (Lipinski definition) is 1. The van der Waals surface area contributed by atoms with Crippen molar-refractivity contribution in [2.45, 2.75) is 26.4 Å². The quantitative estimate of drug-likeness (QED) is 0.775. The van der Waals surface area contributed by atoms with Crippen LogP contribution in [0.2, 0.25) is 0 Å². The van der Waals surface area contributed by atoms with E-state index in [1.54, 1.807) is 6.33 Å². The standard InChI is InChI=1S/C10H18N4O/c1-8(2)14-10(11-7-12-14)5-13-3-9(4-13)6-15/h7-9,15H,3-6H2,1-2H3. The monoisotopic (exact) mass is 210 g/mol. The van der Waals surface area contributed by atoms with Crippen LogP contribution in [0.3, 0.4) is 0 Å². The fraction of sp³-hybridized carbons (Fsp3) is 0.800. The van der Waals surface area contributed by atoms with E-state index in [2.05, 4.69) is 28.8 Å². The summed E-state index contributed by atoms with van der Waals surface area (Å²) in [6.45, 7) is 7.29. The largest absolute Gasteiger partial charge is 0.396 e. The Labute approximate surface area is 89.7 Å². The Hall–Kier alpha value is -0.940. The van der Waals surface area contributed by atoms with Crippen molar-refractivity contribution in [2.24, 2.45) is 5.92 Å². The molecule has 0 atom stereocenters. The van der Waals surface area contributed by atoms with Gasteiger partial charge in [0.25, 0.3) is 0 Å². The molecule has 1 aliphatic heterocycles. The first-order chi connectivity index (χ1) is 7.20. The van der Waals surface area contributed by atoms with Gasteiger partial charge in [-0.3, -0.25) is 4.90 Å². The van der Waals surface area contributed by atoms with Crippen LogP contribution in [0.5, 0.6) is 0 Å². The second-order valence-electron chi connectivity index (χ2n) is 4.46. The molecule has 0 spiro atoms. The highest BCUT2D eigenvalue weighted by molar-refractivity contribution is 4.90. The van der Waals surface area contributed by atoms with E-state index in [1.165, 1.54) is 0 Å². The fourth-order valence-corrected chi connectivity index (χ4v) is 1.94. The van der Waals surface area contributed by atoms with Crippen LogP contribution in [0.1, 0.15) is 25.7 Å². The Morgan fingerprint density at radius 2 is 2.27 bits per heavy atom. The lowest BCUT2D eigenvalue weighted by Gasteiger charge is -2.37. The van der Waals surface area contributed by atoms with Crippen molar-refractivity contribution in [3.63, 3.8) is 0 Å². The molecular weight excluding hydrogens is 192 g/mol. The fourth-order valence-electron chi connectivity index (χ4n) is 1.94. The lowest BCUT2D eigenvalue weighted by Crippen LogP contribution is -2.47. The Morgan fingerprint density at radius 3 is 2.87 bits per heavy atom. The van der Waals surface area contributed by atoms with Crippen molar-refractivity contribution in [2.75, 3.05) is 19.7 Å². The van der Waals surface area contributed by atoms with Crippen molar-refractivity contribution in [3.05, 3.63) is 12.2 Å². The van der Waals surface area contributed by atoms with Gasteiger partial charge < -0.3 is 5.11 Å². The van der Waals surface area contributed by atoms with E-state index < -0.39 is 0 Å². The molecule has 5 heteroatoms. The molecule has 84 valence electrons. The molecule has 0 aromatic carbocycles. The van der Waals surface area contributed by atoms with Crippen LogP contribution in [0, 0.1) is 5.92 Å². The van der Waals surface area contributed by atoms with Gasteiger partial charge in [0.2, 0.25) is 0 Å². The van der Waals surface area contributed by atoms with Gasteiger partial charge in [-0.2, -0.15) is 5.10 Å². The van der Waals surface area contributed by atoms with E-state index in [9.17, 15) is 0 Å². The van der Waals surface area contributed by atoms with Gasteiger partial charge in [-0.05, 0) is 13.8 Å². The number of aliphatic hydroxyl groups is 1. The lowest BCUT2D eigenvalue weighted by atomic mass is 10.0. The average Bonchev–Trinajstić information content (AvgIpc) is 2.58. The molecule has 0 bridgehead atoms. The number of likely N-dealkylation sites (tertiary alicyclic amines) is 1. The van der Waals surface area contributed by atoms with Crippen molar-refractivity contribution < 1.29 is 5.11 Å². The Balaban J connectivity index is 1.91. The van der Waals surface area contributed by atoms with Crippen molar-refractivity contribution in [1.29, 1.82) is 0 Å². The second-order valence-corrected chi connectivity index (χ2v) is 4.46. The molecule has 1 aromatic heterocycles. The maximum atomic E-state index is 8.91. The minimum atomic E-state index is 0.299. The normalized spacial score (nSPS) is 18.4. The molecule has 5 nitrogen and oxygen atoms in total. The summed E-state index contributed by atoms with van der Waals surface area (Å²) in [5.41, 5.74) is 0. The van der Waals surface area contributed by atoms with Crippen molar-refractivity contribution in [1.82, 2.24) is 19.7 Å². The van der Waals surface area contributed by atoms with Crippen LogP contribution in [0.4, 0.5) is 0 Å². The molecule has 15 heavy (non-hydrogen) atoms. The van der Waals surface area contributed by atoms with Gasteiger partial charge >= 0.3 is 0 Å². The maximum absolute atomic E-state index is 8.91. The molecule has 0 aliphatic carbocycles. The Bertz CT molecular complexity index is 317. The number of aromatic nitrogens is 3. The predicted octanol–water partition coefficient (Wildman–Crippen LogP) is 0.283. The third-order valence-corrected chi connectivity index (χ3v) is 2.79. The van der Waals surface area contributed by atoms with E-state index in [0.29, 0.717) is 18.6 Å². The topological polar surface area (TPSA) is 54.2 Å². The van der Waals surface area contributed by atoms with E-state index >= 15 is 0 Å². The van der Waals surface area contributed by atoms with Gasteiger partial charge in [-0.25, -0.2) is 9.67 Å². The Morgan fingerprint density at radius 1 is 1.53 bits per heavy atom. The van der Waals surface area contributed by atoms with E-state index in [4.69, 9.17) is 5.11 Å². The molecular formula is C10H18N4O. The van der Waals surface area contributed by atoms with Crippen LogP contribution in [-0.4, -0.2) is 44.5 Å². The first-order valence-corrected chi connectivity index (χ1v) is 5.42. The van der Waals surface area contributed by atoms with Gasteiger partial charge in [0.15, 0.2) is 0 Å². The molecule has 2 rings (SSSR count). The zero-order chi connectivity index (χ0) is 10.8. The van der Waals surface area contributed by atoms with Crippen molar-refractivity contribution in [3.8, 4) is 0 Å². The van der Waals surface area contributed by atoms with Gasteiger partial charge in [-0.15, -0.1) is 0 Å². The molecule has 1 fully saturated rings. The summed E-state index contributed by atoms with van der Waals surface area (Å²) in [4.78, 5) is 6.54. The van der Waals surface area contributed by atoms with E-state index in [0.717, 1.165) is 25.5 Å². The zero-order valence-electron chi connectivity index (χ0n) is 9.30. The molecule has 1 N–H and O–H groups in total. The molecule has 0 unspecified atom stereocenters. The highest BCUT2D eigenvalue weighted by Crippen LogP contribution is 2.17. The smallest absolute Gasteiger partial charge is 0.141 e.